The molecule has 1 amide bonds. The lowest BCUT2D eigenvalue weighted by molar-refractivity contribution is -0.253. The van der Waals surface area contributed by atoms with E-state index in [1.54, 1.807) is 0 Å². The second-order valence-electron chi connectivity index (χ2n) is 8.51. The summed E-state index contributed by atoms with van der Waals surface area (Å²) in [5, 5.41) is 12.1. The fourth-order valence-corrected chi connectivity index (χ4v) is 4.39. The number of rotatable bonds is 6. The third-order valence-corrected chi connectivity index (χ3v) is 6.03. The van der Waals surface area contributed by atoms with Gasteiger partial charge in [-0.3, -0.25) is 4.79 Å². The van der Waals surface area contributed by atoms with Crippen molar-refractivity contribution < 1.29 is 19.4 Å². The summed E-state index contributed by atoms with van der Waals surface area (Å²) in [6.45, 7) is 4.71. The number of aliphatic hydroxyl groups excluding tert-OH is 1. The SMILES string of the molecule is CC(=O)Nc1ccc([C@H]2O[C@@H](CN3CCCCC3)C[C@@H](c3ccc(CO)cc3)O2)cc1. The number of piperidine rings is 1. The van der Waals surface area contributed by atoms with E-state index in [2.05, 4.69) is 10.2 Å². The van der Waals surface area contributed by atoms with E-state index in [4.69, 9.17) is 9.47 Å². The van der Waals surface area contributed by atoms with Gasteiger partial charge in [-0.2, -0.15) is 0 Å². The summed E-state index contributed by atoms with van der Waals surface area (Å²) in [5.74, 6) is -0.0918. The summed E-state index contributed by atoms with van der Waals surface area (Å²) < 4.78 is 12.8. The number of aliphatic hydroxyl groups is 1. The molecule has 31 heavy (non-hydrogen) atoms. The minimum absolute atomic E-state index is 0.0375. The molecule has 0 unspecified atom stereocenters. The van der Waals surface area contributed by atoms with Gasteiger partial charge in [0.25, 0.3) is 0 Å². The highest BCUT2D eigenvalue weighted by molar-refractivity contribution is 5.88. The van der Waals surface area contributed by atoms with Gasteiger partial charge in [0.1, 0.15) is 0 Å². The van der Waals surface area contributed by atoms with Crippen molar-refractivity contribution in [3.63, 3.8) is 0 Å². The standard InChI is InChI=1S/C25H32N2O4/c1-18(29)26-22-11-9-21(10-12-22)25-30-23(16-27-13-3-2-4-14-27)15-24(31-25)20-7-5-19(17-28)6-8-20/h5-12,23-25,28H,2-4,13-17H2,1H3,(H,26,29)/t23-,24+,25+/m1/s1. The summed E-state index contributed by atoms with van der Waals surface area (Å²) in [5.41, 5.74) is 3.69. The Kier molecular flexibility index (Phi) is 7.35. The average molecular weight is 425 g/mol. The van der Waals surface area contributed by atoms with Crippen LogP contribution in [0.1, 0.15) is 61.7 Å². The van der Waals surface area contributed by atoms with Gasteiger partial charge in [0.05, 0.1) is 18.8 Å². The van der Waals surface area contributed by atoms with E-state index in [1.165, 1.54) is 26.2 Å². The van der Waals surface area contributed by atoms with Crippen LogP contribution >= 0.6 is 0 Å². The molecular weight excluding hydrogens is 392 g/mol. The summed E-state index contributed by atoms with van der Waals surface area (Å²) >= 11 is 0. The van der Waals surface area contributed by atoms with Gasteiger partial charge in [0.15, 0.2) is 6.29 Å². The van der Waals surface area contributed by atoms with Gasteiger partial charge in [-0.05, 0) is 49.2 Å². The van der Waals surface area contributed by atoms with Crippen LogP contribution in [0.4, 0.5) is 5.69 Å². The predicted octanol–water partition coefficient (Wildman–Crippen LogP) is 4.17. The molecule has 0 bridgehead atoms. The van der Waals surface area contributed by atoms with E-state index in [1.807, 2.05) is 48.5 Å². The molecule has 2 saturated heterocycles. The number of likely N-dealkylation sites (tertiary alicyclic amines) is 1. The van der Waals surface area contributed by atoms with Gasteiger partial charge < -0.3 is 24.8 Å². The van der Waals surface area contributed by atoms with E-state index in [0.29, 0.717) is 0 Å². The van der Waals surface area contributed by atoms with Gasteiger partial charge in [-0.1, -0.05) is 42.8 Å². The fourth-order valence-electron chi connectivity index (χ4n) is 4.39. The first-order chi connectivity index (χ1) is 15.1. The van der Waals surface area contributed by atoms with E-state index < -0.39 is 6.29 Å². The molecule has 2 heterocycles. The topological polar surface area (TPSA) is 71.0 Å². The fraction of sp³-hybridized carbons (Fsp3) is 0.480. The smallest absolute Gasteiger partial charge is 0.221 e. The zero-order valence-corrected chi connectivity index (χ0v) is 18.1. The maximum atomic E-state index is 11.3. The molecular formula is C25H32N2O4. The summed E-state index contributed by atoms with van der Waals surface area (Å²) in [7, 11) is 0. The highest BCUT2D eigenvalue weighted by Gasteiger charge is 2.33. The zero-order chi connectivity index (χ0) is 21.6. The van der Waals surface area contributed by atoms with Crippen LogP contribution in [0.5, 0.6) is 0 Å². The second kappa shape index (κ2) is 10.4. The number of carbonyl (C=O) groups excluding carboxylic acids is 1. The summed E-state index contributed by atoms with van der Waals surface area (Å²) in [4.78, 5) is 13.8. The molecule has 0 aliphatic carbocycles. The normalized spacial score (nSPS) is 24.6. The molecule has 6 heteroatoms. The van der Waals surface area contributed by atoms with Crippen LogP contribution in [0.3, 0.4) is 0 Å². The number of nitrogens with zero attached hydrogens (tertiary/aromatic N) is 1. The third-order valence-electron chi connectivity index (χ3n) is 6.03. The van der Waals surface area contributed by atoms with Crippen LogP contribution in [-0.2, 0) is 20.9 Å². The van der Waals surface area contributed by atoms with Gasteiger partial charge in [-0.25, -0.2) is 0 Å². The minimum atomic E-state index is -0.461. The molecule has 0 radical (unpaired) electrons. The van der Waals surface area contributed by atoms with Crippen LogP contribution in [0.25, 0.3) is 0 Å². The average Bonchev–Trinajstić information content (AvgIpc) is 2.80. The second-order valence-corrected chi connectivity index (χ2v) is 8.51. The molecule has 2 aliphatic heterocycles. The van der Waals surface area contributed by atoms with E-state index in [9.17, 15) is 9.90 Å². The number of benzene rings is 2. The van der Waals surface area contributed by atoms with Gasteiger partial charge >= 0.3 is 0 Å². The van der Waals surface area contributed by atoms with Crippen LogP contribution in [0.2, 0.25) is 0 Å². The zero-order valence-electron chi connectivity index (χ0n) is 18.1. The Morgan fingerprint density at radius 1 is 1.00 bits per heavy atom. The van der Waals surface area contributed by atoms with E-state index in [-0.39, 0.29) is 24.7 Å². The lowest BCUT2D eigenvalue weighted by Crippen LogP contribution is -2.41. The molecule has 3 atom stereocenters. The van der Waals surface area contributed by atoms with Crippen molar-refractivity contribution in [3.8, 4) is 0 Å². The molecule has 2 N–H and O–H groups in total. The number of nitrogens with one attached hydrogen (secondary N) is 1. The number of ether oxygens (including phenoxy) is 2. The van der Waals surface area contributed by atoms with Crippen molar-refractivity contribution in [2.45, 2.75) is 57.7 Å². The molecule has 4 rings (SSSR count). The minimum Gasteiger partial charge on any atom is -0.392 e. The van der Waals surface area contributed by atoms with Crippen molar-refractivity contribution >= 4 is 11.6 Å². The molecule has 2 aromatic carbocycles. The monoisotopic (exact) mass is 424 g/mol. The van der Waals surface area contributed by atoms with E-state index in [0.717, 1.165) is 48.4 Å². The van der Waals surface area contributed by atoms with Crippen molar-refractivity contribution in [2.75, 3.05) is 25.0 Å². The van der Waals surface area contributed by atoms with Crippen LogP contribution in [0, 0.1) is 0 Å². The molecule has 6 nitrogen and oxygen atoms in total. The maximum absolute atomic E-state index is 11.3. The lowest BCUT2D eigenvalue weighted by Gasteiger charge is -2.39. The first-order valence-corrected chi connectivity index (χ1v) is 11.2. The largest absolute Gasteiger partial charge is 0.392 e. The Morgan fingerprint density at radius 2 is 1.68 bits per heavy atom. The Morgan fingerprint density at radius 3 is 2.32 bits per heavy atom. The van der Waals surface area contributed by atoms with Crippen molar-refractivity contribution in [3.05, 3.63) is 65.2 Å². The number of hydrogen-bond acceptors (Lipinski definition) is 5. The van der Waals surface area contributed by atoms with Gasteiger partial charge in [0.2, 0.25) is 5.91 Å². The molecule has 166 valence electrons. The summed E-state index contributed by atoms with van der Waals surface area (Å²) in [6, 6.07) is 15.6. The highest BCUT2D eigenvalue weighted by Crippen LogP contribution is 2.38. The van der Waals surface area contributed by atoms with Crippen LogP contribution in [0.15, 0.2) is 48.5 Å². The van der Waals surface area contributed by atoms with Crippen molar-refractivity contribution in [2.24, 2.45) is 0 Å². The quantitative estimate of drug-likeness (QED) is 0.728. The third kappa shape index (κ3) is 5.92. The Labute approximate surface area is 184 Å². The van der Waals surface area contributed by atoms with Gasteiger partial charge in [-0.15, -0.1) is 0 Å². The maximum Gasteiger partial charge on any atom is 0.221 e. The predicted molar refractivity (Wildman–Crippen MR) is 119 cm³/mol. The number of amides is 1. The molecule has 2 aromatic rings. The van der Waals surface area contributed by atoms with Crippen molar-refractivity contribution in [1.29, 1.82) is 0 Å². The molecule has 2 fully saturated rings. The number of carbonyl (C=O) groups is 1. The first-order valence-electron chi connectivity index (χ1n) is 11.2. The Hall–Kier alpha value is -2.25. The van der Waals surface area contributed by atoms with Crippen LogP contribution < -0.4 is 5.32 Å². The molecule has 0 aromatic heterocycles. The van der Waals surface area contributed by atoms with Crippen molar-refractivity contribution in [1.82, 2.24) is 4.90 Å². The van der Waals surface area contributed by atoms with Gasteiger partial charge in [0, 0.05) is 31.1 Å². The van der Waals surface area contributed by atoms with E-state index >= 15 is 0 Å². The Bertz CT molecular complexity index is 847. The lowest BCUT2D eigenvalue weighted by atomic mass is 9.99. The molecule has 2 aliphatic rings. The molecule has 0 spiro atoms. The van der Waals surface area contributed by atoms with Crippen LogP contribution in [-0.4, -0.2) is 41.7 Å². The number of hydrogen-bond donors (Lipinski definition) is 2. The first kappa shape index (κ1) is 22.0. The highest BCUT2D eigenvalue weighted by atomic mass is 16.7. The molecule has 0 saturated carbocycles. The summed E-state index contributed by atoms with van der Waals surface area (Å²) in [6.07, 6.45) is 4.17. The number of anilines is 1. The Balaban J connectivity index is 1.52.